The normalized spacial score (nSPS) is 18.8. The number of amides is 5. The molecule has 5 aliphatic rings. The monoisotopic (exact) mass is 1180 g/mol. The van der Waals surface area contributed by atoms with Gasteiger partial charge in [0.05, 0.1) is 27.3 Å². The highest BCUT2D eigenvalue weighted by atomic mass is 35.5. The predicted molar refractivity (Wildman–Crippen MR) is 316 cm³/mol. The zero-order valence-electron chi connectivity index (χ0n) is 46.0. The molecular formula is C60H63ClN10O10S2. The van der Waals surface area contributed by atoms with E-state index in [0.717, 1.165) is 66.5 Å². The third-order valence-corrected chi connectivity index (χ3v) is 19.2. The second-order valence-corrected chi connectivity index (χ2v) is 25.7. The number of anilines is 2. The zero-order valence-corrected chi connectivity index (χ0v) is 48.3. The van der Waals surface area contributed by atoms with E-state index in [1.54, 1.807) is 41.4 Å². The number of aromatic amines is 1. The molecule has 6 heterocycles. The Morgan fingerprint density at radius 2 is 1.71 bits per heavy atom. The number of nitrogens with zero attached hydrogens (tertiary/aromatic N) is 6. The summed E-state index contributed by atoms with van der Waals surface area (Å²) in [6.45, 7) is 9.89. The molecule has 0 bridgehead atoms. The molecule has 2 aromatic heterocycles. The number of pyridine rings is 1. The van der Waals surface area contributed by atoms with E-state index in [-0.39, 0.29) is 71.2 Å². The summed E-state index contributed by atoms with van der Waals surface area (Å²) < 4.78 is 36.4. The molecule has 6 aromatic rings. The highest BCUT2D eigenvalue weighted by Crippen LogP contribution is 2.44. The lowest BCUT2D eigenvalue weighted by atomic mass is 9.72. The van der Waals surface area contributed by atoms with Crippen LogP contribution in [0, 0.1) is 21.4 Å². The number of benzene rings is 4. The minimum absolute atomic E-state index is 0.0377. The van der Waals surface area contributed by atoms with Crippen molar-refractivity contribution < 1.29 is 42.1 Å². The Labute approximate surface area is 489 Å². The van der Waals surface area contributed by atoms with Gasteiger partial charge in [0.15, 0.2) is 0 Å². The third kappa shape index (κ3) is 12.8. The van der Waals surface area contributed by atoms with Gasteiger partial charge in [-0.15, -0.1) is 11.8 Å². The van der Waals surface area contributed by atoms with Crippen LogP contribution in [0.15, 0.2) is 119 Å². The molecule has 20 nitrogen and oxygen atoms in total. The number of nitrogens with one attached hydrogen (secondary N) is 4. The van der Waals surface area contributed by atoms with Crippen LogP contribution >= 0.6 is 23.4 Å². The number of nitro benzene ring substituents is 1. The fourth-order valence-corrected chi connectivity index (χ4v) is 13.9. The van der Waals surface area contributed by atoms with E-state index in [1.165, 1.54) is 57.8 Å². The summed E-state index contributed by atoms with van der Waals surface area (Å²) in [5.74, 6) is -1.65. The Morgan fingerprint density at radius 3 is 2.47 bits per heavy atom. The number of thioether (sulfide) groups is 1. The van der Waals surface area contributed by atoms with Gasteiger partial charge in [-0.2, -0.15) is 0 Å². The van der Waals surface area contributed by atoms with Gasteiger partial charge in [0.25, 0.3) is 27.5 Å². The van der Waals surface area contributed by atoms with Crippen LogP contribution in [0.25, 0.3) is 16.6 Å². The minimum atomic E-state index is -4.67. The first-order chi connectivity index (χ1) is 39.8. The SMILES string of the molecule is CC1(C)CCC(CN2CCN(c3ccc(C(=O)NS(=O)(=O)c4ccc(NCC5CCN(C(=O)CSc6cccc7c6CN(C6CCC(=O)NC6=O)C7=O)CC5)c([N+](=O)[O-])c4)c(Oc4cnc5[nH]ccc5c4)c3)CC2)=C(c2ccc(Cl)cc2)C1. The number of hydrogen-bond acceptors (Lipinski definition) is 15. The van der Waals surface area contributed by atoms with Crippen LogP contribution in [0.4, 0.5) is 17.1 Å². The molecule has 0 saturated carbocycles. The summed E-state index contributed by atoms with van der Waals surface area (Å²) in [5, 5.41) is 19.4. The Kier molecular flexibility index (Phi) is 16.4. The molecule has 5 amide bonds. The van der Waals surface area contributed by atoms with Crippen molar-refractivity contribution in [2.75, 3.05) is 68.3 Å². The lowest BCUT2D eigenvalue weighted by molar-refractivity contribution is -0.384. The van der Waals surface area contributed by atoms with E-state index in [4.69, 9.17) is 16.3 Å². The molecule has 1 unspecified atom stereocenters. The number of aromatic nitrogens is 2. The standard InChI is InChI=1S/C60H63ClN10O10S2/c1-60(2)20-16-40(47(31-60)38-6-8-41(61)9-7-38)34-67-24-26-68(27-25-67)42-10-12-46(52(29-42)81-43-28-39-17-21-62-56(39)64-33-43)57(74)66-83(79,80)44-11-13-49(51(30-44)71(77)78)63-32-37-18-22-69(23-19-37)55(73)36-82-53-5-3-4-45-48(53)35-70(59(45)76)50-14-15-54(72)65-58(50)75/h3-13,17,21,28-30,33,37,50,63H,14-16,18-20,22-27,31-32,34-36H2,1-2H3,(H,62,64)(H,66,74)(H,65,72,75). The number of carbonyl (C=O) groups is 5. The molecule has 11 rings (SSSR count). The van der Waals surface area contributed by atoms with Crippen LogP contribution in [-0.4, -0.2) is 132 Å². The highest BCUT2D eigenvalue weighted by Gasteiger charge is 2.40. The minimum Gasteiger partial charge on any atom is -0.455 e. The third-order valence-electron chi connectivity index (χ3n) is 16.5. The number of ether oxygens (including phenoxy) is 1. The first-order valence-electron chi connectivity index (χ1n) is 27.8. The fraction of sp³-hybridized carbons (Fsp3) is 0.367. The van der Waals surface area contributed by atoms with Crippen molar-refractivity contribution in [3.8, 4) is 11.5 Å². The molecule has 1 atom stereocenters. The van der Waals surface area contributed by atoms with Crippen LogP contribution < -0.4 is 25.0 Å². The van der Waals surface area contributed by atoms with Crippen molar-refractivity contribution in [1.82, 2.24) is 34.7 Å². The van der Waals surface area contributed by atoms with Crippen molar-refractivity contribution in [2.24, 2.45) is 11.3 Å². The van der Waals surface area contributed by atoms with Gasteiger partial charge in [0.2, 0.25) is 17.7 Å². The molecule has 4 aliphatic heterocycles. The highest BCUT2D eigenvalue weighted by molar-refractivity contribution is 8.00. The average molecular weight is 1180 g/mol. The van der Waals surface area contributed by atoms with Gasteiger partial charge in [-0.25, -0.2) is 18.1 Å². The lowest BCUT2D eigenvalue weighted by Crippen LogP contribution is -2.52. The zero-order chi connectivity index (χ0) is 58.2. The number of H-pyrrole nitrogens is 1. The van der Waals surface area contributed by atoms with E-state index in [1.807, 2.05) is 24.3 Å². The number of nitro groups is 1. The van der Waals surface area contributed by atoms with Crippen molar-refractivity contribution >= 4 is 96.6 Å². The quantitative estimate of drug-likeness (QED) is 0.0288. The Bertz CT molecular complexity index is 3710. The molecule has 3 saturated heterocycles. The largest absolute Gasteiger partial charge is 0.455 e. The van der Waals surface area contributed by atoms with Crippen molar-refractivity contribution in [3.63, 3.8) is 0 Å². The maximum atomic E-state index is 14.2. The second-order valence-electron chi connectivity index (χ2n) is 22.6. The summed E-state index contributed by atoms with van der Waals surface area (Å²) in [4.78, 5) is 92.7. The van der Waals surface area contributed by atoms with E-state index in [2.05, 4.69) is 61.1 Å². The number of likely N-dealkylation sites (tertiary alicyclic amines) is 1. The average Bonchev–Trinajstić information content (AvgIpc) is 4.34. The maximum Gasteiger partial charge on any atom is 0.293 e. The molecule has 3 fully saturated rings. The number of sulfonamides is 1. The first-order valence-corrected chi connectivity index (χ1v) is 30.7. The van der Waals surface area contributed by atoms with Gasteiger partial charge in [-0.05, 0) is 127 Å². The summed E-state index contributed by atoms with van der Waals surface area (Å²) in [7, 11) is -4.67. The van der Waals surface area contributed by atoms with Crippen LogP contribution in [-0.2, 0) is 31.0 Å². The van der Waals surface area contributed by atoms with Crippen LogP contribution in [0.2, 0.25) is 5.02 Å². The van der Waals surface area contributed by atoms with Gasteiger partial charge in [-0.1, -0.05) is 49.2 Å². The summed E-state index contributed by atoms with van der Waals surface area (Å²) in [6.07, 6.45) is 7.99. The van der Waals surface area contributed by atoms with E-state index >= 15 is 0 Å². The second kappa shape index (κ2) is 23.8. The summed E-state index contributed by atoms with van der Waals surface area (Å²) in [5.41, 5.74) is 6.39. The Morgan fingerprint density at radius 1 is 0.928 bits per heavy atom. The van der Waals surface area contributed by atoms with Gasteiger partial charge < -0.3 is 29.7 Å². The van der Waals surface area contributed by atoms with Gasteiger partial charge in [0, 0.05) is 110 Å². The van der Waals surface area contributed by atoms with Crippen molar-refractivity contribution in [2.45, 2.75) is 81.2 Å². The maximum absolute atomic E-state index is 14.2. The number of halogens is 1. The van der Waals surface area contributed by atoms with Gasteiger partial charge in [-0.3, -0.25) is 44.3 Å². The van der Waals surface area contributed by atoms with Crippen molar-refractivity contribution in [3.05, 3.63) is 146 Å². The molecule has 4 aromatic carbocycles. The number of fused-ring (bicyclic) bond motifs is 2. The lowest BCUT2D eigenvalue weighted by Gasteiger charge is -2.39. The molecule has 1 aliphatic carbocycles. The molecule has 4 N–H and O–H groups in total. The van der Waals surface area contributed by atoms with Gasteiger partial charge in [0.1, 0.15) is 28.9 Å². The van der Waals surface area contributed by atoms with Crippen LogP contribution in [0.3, 0.4) is 0 Å². The molecule has 0 spiro atoms. The first kappa shape index (κ1) is 57.0. The molecule has 432 valence electrons. The predicted octanol–water partition coefficient (Wildman–Crippen LogP) is 9.03. The van der Waals surface area contributed by atoms with Crippen LogP contribution in [0.5, 0.6) is 11.5 Å². The molecular weight excluding hydrogens is 1120 g/mol. The molecule has 23 heteroatoms. The number of rotatable bonds is 17. The van der Waals surface area contributed by atoms with Gasteiger partial charge >= 0.3 is 0 Å². The van der Waals surface area contributed by atoms with E-state index in [9.17, 15) is 42.5 Å². The number of imide groups is 1. The summed E-state index contributed by atoms with van der Waals surface area (Å²) in [6, 6.07) is 24.7. The van der Waals surface area contributed by atoms with E-state index < -0.39 is 43.4 Å². The van der Waals surface area contributed by atoms with Crippen molar-refractivity contribution in [1.29, 1.82) is 0 Å². The Hall–Kier alpha value is -7.79. The number of allylic oxidation sites excluding steroid dienone is 1. The summed E-state index contributed by atoms with van der Waals surface area (Å²) >= 11 is 7.59. The smallest absolute Gasteiger partial charge is 0.293 e. The molecule has 0 radical (unpaired) electrons. The molecule has 83 heavy (non-hydrogen) atoms. The van der Waals surface area contributed by atoms with Crippen LogP contribution in [0.1, 0.15) is 90.6 Å². The number of piperidine rings is 2. The number of carbonyl (C=O) groups excluding carboxylic acids is 5. The Balaban J connectivity index is 0.712. The fourth-order valence-electron chi connectivity index (χ4n) is 11.8. The van der Waals surface area contributed by atoms with E-state index in [0.29, 0.717) is 67.5 Å². The topological polar surface area (TPSA) is 250 Å². The number of piperazine rings is 1. The number of hydrogen-bond donors (Lipinski definition) is 4.